The molecule has 0 aromatic carbocycles. The maximum absolute atomic E-state index is 13.0. The van der Waals surface area contributed by atoms with Crippen molar-refractivity contribution in [2.75, 3.05) is 0 Å². The van der Waals surface area contributed by atoms with Gasteiger partial charge in [0.05, 0.1) is 17.4 Å². The quantitative estimate of drug-likeness (QED) is 0.653. The smallest absolute Gasteiger partial charge is 0.342 e. The van der Waals surface area contributed by atoms with Gasteiger partial charge in [-0.25, -0.2) is 0 Å². The molecule has 1 fully saturated rings. The molecule has 4 heterocycles. The third kappa shape index (κ3) is 4.01. The summed E-state index contributed by atoms with van der Waals surface area (Å²) >= 11 is 0. The fourth-order valence-corrected chi connectivity index (χ4v) is 4.20. The van der Waals surface area contributed by atoms with E-state index in [9.17, 15) is 18.0 Å². The highest BCUT2D eigenvalue weighted by molar-refractivity contribution is 5.93. The zero-order chi connectivity index (χ0) is 22.5. The standard InChI is InChI=1S/C22H23F3N6O/c1-30-19(12-20(29-30)22(23,24)25)21(32)27-15-4-2-3-9-31-18(15)11-17(28-31)14-7-8-26-16(10-14)13-5-6-13/h7-8,10-13,15H,2-6,9H2,1H3,(H,27,32)/t15-/m0/s1. The van der Waals surface area contributed by atoms with Crippen molar-refractivity contribution in [1.29, 1.82) is 0 Å². The lowest BCUT2D eigenvalue weighted by atomic mass is 10.1. The van der Waals surface area contributed by atoms with Gasteiger partial charge in [-0.3, -0.25) is 19.1 Å². The number of carbonyl (C=O) groups excluding carboxylic acids is 1. The monoisotopic (exact) mass is 444 g/mol. The van der Waals surface area contributed by atoms with Crippen LogP contribution in [0.4, 0.5) is 13.2 Å². The molecule has 0 bridgehead atoms. The maximum atomic E-state index is 13.0. The second-order valence-electron chi connectivity index (χ2n) is 8.48. The van der Waals surface area contributed by atoms with E-state index in [4.69, 9.17) is 5.10 Å². The lowest BCUT2D eigenvalue weighted by Gasteiger charge is -2.17. The predicted octanol–water partition coefficient (Wildman–Crippen LogP) is 4.23. The number of alkyl halides is 3. The number of hydrogen-bond acceptors (Lipinski definition) is 4. The van der Waals surface area contributed by atoms with Gasteiger partial charge in [-0.2, -0.15) is 23.4 Å². The van der Waals surface area contributed by atoms with Crippen LogP contribution in [0.25, 0.3) is 11.3 Å². The van der Waals surface area contributed by atoms with Crippen molar-refractivity contribution in [3.8, 4) is 11.3 Å². The first-order valence-electron chi connectivity index (χ1n) is 10.8. The highest BCUT2D eigenvalue weighted by Crippen LogP contribution is 2.40. The first-order valence-corrected chi connectivity index (χ1v) is 10.8. The van der Waals surface area contributed by atoms with E-state index in [1.165, 1.54) is 7.05 Å². The Labute approximate surface area is 182 Å². The summed E-state index contributed by atoms with van der Waals surface area (Å²) < 4.78 is 41.8. The molecule has 0 spiro atoms. The summed E-state index contributed by atoms with van der Waals surface area (Å²) in [5.41, 5.74) is 2.51. The highest BCUT2D eigenvalue weighted by atomic mass is 19.4. The van der Waals surface area contributed by atoms with Crippen LogP contribution in [-0.2, 0) is 19.8 Å². The minimum atomic E-state index is -4.60. The number of hydrogen-bond donors (Lipinski definition) is 1. The number of rotatable bonds is 4. The summed E-state index contributed by atoms with van der Waals surface area (Å²) in [6.07, 6.45) is 1.99. The summed E-state index contributed by atoms with van der Waals surface area (Å²) in [5, 5.41) is 11.1. The van der Waals surface area contributed by atoms with Gasteiger partial charge in [-0.1, -0.05) is 0 Å². The number of nitrogens with zero attached hydrogens (tertiary/aromatic N) is 5. The fraction of sp³-hybridized carbons (Fsp3) is 0.455. The Balaban J connectivity index is 1.41. The Morgan fingerprint density at radius 3 is 2.66 bits per heavy atom. The minimum absolute atomic E-state index is 0.129. The van der Waals surface area contributed by atoms with E-state index >= 15 is 0 Å². The van der Waals surface area contributed by atoms with E-state index in [0.717, 1.165) is 65.6 Å². The number of nitrogens with one attached hydrogen (secondary N) is 1. The summed E-state index contributed by atoms with van der Waals surface area (Å²) in [6, 6.07) is 6.40. The van der Waals surface area contributed by atoms with Crippen LogP contribution in [0.3, 0.4) is 0 Å². The van der Waals surface area contributed by atoms with Crippen LogP contribution < -0.4 is 5.32 Å². The summed E-state index contributed by atoms with van der Waals surface area (Å²) in [6.45, 7) is 0.728. The van der Waals surface area contributed by atoms with E-state index in [0.29, 0.717) is 12.3 Å². The second-order valence-corrected chi connectivity index (χ2v) is 8.48. The van der Waals surface area contributed by atoms with Gasteiger partial charge in [0, 0.05) is 43.0 Å². The number of aromatic nitrogens is 5. The first kappa shape index (κ1) is 20.7. The van der Waals surface area contributed by atoms with Gasteiger partial charge >= 0.3 is 6.18 Å². The molecule has 1 N–H and O–H groups in total. The molecule has 0 unspecified atom stereocenters. The number of aryl methyl sites for hydroxylation is 2. The molecule has 1 saturated carbocycles. The molecule has 1 aliphatic carbocycles. The highest BCUT2D eigenvalue weighted by Gasteiger charge is 2.36. The molecule has 1 aliphatic heterocycles. The number of amides is 1. The maximum Gasteiger partial charge on any atom is 0.435 e. The third-order valence-electron chi connectivity index (χ3n) is 6.06. The van der Waals surface area contributed by atoms with Gasteiger partial charge in [-0.05, 0) is 50.3 Å². The summed E-state index contributed by atoms with van der Waals surface area (Å²) in [4.78, 5) is 17.3. The number of carbonyl (C=O) groups is 1. The molecule has 10 heteroatoms. The van der Waals surface area contributed by atoms with Gasteiger partial charge in [0.1, 0.15) is 5.69 Å². The van der Waals surface area contributed by atoms with Crippen LogP contribution >= 0.6 is 0 Å². The van der Waals surface area contributed by atoms with E-state index in [-0.39, 0.29) is 11.7 Å². The predicted molar refractivity (Wildman–Crippen MR) is 110 cm³/mol. The Kier molecular flexibility index (Phi) is 5.02. The van der Waals surface area contributed by atoms with Gasteiger partial charge in [-0.15, -0.1) is 0 Å². The van der Waals surface area contributed by atoms with Crippen molar-refractivity contribution < 1.29 is 18.0 Å². The molecule has 5 rings (SSSR count). The van der Waals surface area contributed by atoms with Gasteiger partial charge < -0.3 is 5.32 Å². The Morgan fingerprint density at radius 1 is 1.12 bits per heavy atom. The molecule has 1 atom stereocenters. The first-order chi connectivity index (χ1) is 15.3. The van der Waals surface area contributed by atoms with E-state index in [1.54, 1.807) is 6.20 Å². The van der Waals surface area contributed by atoms with Gasteiger partial charge in [0.15, 0.2) is 5.69 Å². The van der Waals surface area contributed by atoms with Crippen molar-refractivity contribution in [3.05, 3.63) is 53.2 Å². The molecule has 1 amide bonds. The minimum Gasteiger partial charge on any atom is -0.342 e. The SMILES string of the molecule is Cn1nc(C(F)(F)F)cc1C(=O)N[C@H]1CCCCn2nc(-c3ccnc(C4CC4)c3)cc21. The average Bonchev–Trinajstić information content (AvgIpc) is 3.44. The Bertz CT molecular complexity index is 1160. The van der Waals surface area contributed by atoms with Crippen LogP contribution in [0.2, 0.25) is 0 Å². The Hall–Kier alpha value is -3.17. The van der Waals surface area contributed by atoms with E-state index in [1.807, 2.05) is 16.8 Å². The zero-order valence-electron chi connectivity index (χ0n) is 17.6. The van der Waals surface area contributed by atoms with Crippen molar-refractivity contribution >= 4 is 5.91 Å². The van der Waals surface area contributed by atoms with Gasteiger partial charge in [0.2, 0.25) is 0 Å². The molecule has 7 nitrogen and oxygen atoms in total. The molecule has 2 aliphatic rings. The molecule has 0 radical (unpaired) electrons. The third-order valence-corrected chi connectivity index (χ3v) is 6.06. The van der Waals surface area contributed by atoms with Crippen LogP contribution in [0.5, 0.6) is 0 Å². The van der Waals surface area contributed by atoms with Crippen molar-refractivity contribution in [2.24, 2.45) is 7.05 Å². The normalized spacial score (nSPS) is 18.8. The van der Waals surface area contributed by atoms with Crippen molar-refractivity contribution in [3.63, 3.8) is 0 Å². The molecule has 3 aromatic rings. The summed E-state index contributed by atoms with van der Waals surface area (Å²) in [7, 11) is 1.33. The fourth-order valence-electron chi connectivity index (χ4n) is 4.20. The topological polar surface area (TPSA) is 77.6 Å². The Morgan fingerprint density at radius 2 is 1.94 bits per heavy atom. The molecular weight excluding hydrogens is 421 g/mol. The van der Waals surface area contributed by atoms with Crippen molar-refractivity contribution in [2.45, 2.75) is 56.8 Å². The zero-order valence-corrected chi connectivity index (χ0v) is 17.6. The van der Waals surface area contributed by atoms with Crippen LogP contribution in [-0.4, -0.2) is 30.5 Å². The van der Waals surface area contributed by atoms with E-state index < -0.39 is 17.8 Å². The molecular formula is C22H23F3N6O. The number of pyridine rings is 1. The van der Waals surface area contributed by atoms with E-state index in [2.05, 4.69) is 21.5 Å². The number of fused-ring (bicyclic) bond motifs is 1. The summed E-state index contributed by atoms with van der Waals surface area (Å²) in [5.74, 6) is -0.0560. The molecule has 168 valence electrons. The average molecular weight is 444 g/mol. The lowest BCUT2D eigenvalue weighted by molar-refractivity contribution is -0.141. The molecule has 32 heavy (non-hydrogen) atoms. The number of halogens is 3. The van der Waals surface area contributed by atoms with Crippen molar-refractivity contribution in [1.82, 2.24) is 29.9 Å². The lowest BCUT2D eigenvalue weighted by Crippen LogP contribution is -2.30. The molecule has 0 saturated heterocycles. The van der Waals surface area contributed by atoms with Crippen LogP contribution in [0.15, 0.2) is 30.5 Å². The van der Waals surface area contributed by atoms with Gasteiger partial charge in [0.25, 0.3) is 5.91 Å². The molecule has 3 aromatic heterocycles. The van der Waals surface area contributed by atoms with Crippen LogP contribution in [0.1, 0.15) is 71.6 Å². The van der Waals surface area contributed by atoms with Crippen LogP contribution in [0, 0.1) is 0 Å². The second kappa shape index (κ2) is 7.75. The largest absolute Gasteiger partial charge is 0.435 e.